The summed E-state index contributed by atoms with van der Waals surface area (Å²) in [5.41, 5.74) is 2.03. The summed E-state index contributed by atoms with van der Waals surface area (Å²) in [4.78, 5) is 18.7. The van der Waals surface area contributed by atoms with Crippen LogP contribution < -0.4 is 5.32 Å². The van der Waals surface area contributed by atoms with Gasteiger partial charge in [0.2, 0.25) is 5.91 Å². The first kappa shape index (κ1) is 16.3. The summed E-state index contributed by atoms with van der Waals surface area (Å²) in [6.45, 7) is 4.61. The Bertz CT molecular complexity index is 712. The molecule has 1 aliphatic heterocycles. The molecule has 1 saturated heterocycles. The Labute approximate surface area is 141 Å². The minimum atomic E-state index is 0.134. The van der Waals surface area contributed by atoms with E-state index in [2.05, 4.69) is 14.8 Å². The van der Waals surface area contributed by atoms with Gasteiger partial charge in [0.15, 0.2) is 0 Å². The number of likely N-dealkylation sites (tertiary alicyclic amines) is 1. The lowest BCUT2D eigenvalue weighted by atomic mass is 10.1. The largest absolute Gasteiger partial charge is 0.352 e. The van der Waals surface area contributed by atoms with Crippen LogP contribution >= 0.6 is 11.6 Å². The molecule has 1 aliphatic rings. The van der Waals surface area contributed by atoms with Gasteiger partial charge in [-0.25, -0.2) is 4.98 Å². The summed E-state index contributed by atoms with van der Waals surface area (Å²) >= 11 is 6.05. The van der Waals surface area contributed by atoms with Gasteiger partial charge in [-0.15, -0.1) is 0 Å². The lowest BCUT2D eigenvalue weighted by molar-refractivity contribution is -0.121. The van der Waals surface area contributed by atoms with E-state index < -0.39 is 0 Å². The van der Waals surface area contributed by atoms with Gasteiger partial charge in [-0.3, -0.25) is 9.69 Å². The van der Waals surface area contributed by atoms with Crippen molar-refractivity contribution in [3.8, 4) is 0 Å². The highest BCUT2D eigenvalue weighted by atomic mass is 35.5. The van der Waals surface area contributed by atoms with Crippen molar-refractivity contribution in [3.63, 3.8) is 0 Å². The predicted molar refractivity (Wildman–Crippen MR) is 92.5 cm³/mol. The number of carbonyl (C=O) groups is 1. The number of aromatic nitrogens is 2. The predicted octanol–water partition coefficient (Wildman–Crippen LogP) is 2.72. The minimum absolute atomic E-state index is 0.134. The zero-order valence-corrected chi connectivity index (χ0v) is 14.4. The van der Waals surface area contributed by atoms with Crippen LogP contribution in [0.15, 0.2) is 18.2 Å². The van der Waals surface area contributed by atoms with Gasteiger partial charge in [0, 0.05) is 31.1 Å². The lowest BCUT2D eigenvalue weighted by Crippen LogP contribution is -2.47. The average Bonchev–Trinajstić information content (AvgIpc) is 2.83. The molecule has 124 valence electrons. The highest BCUT2D eigenvalue weighted by molar-refractivity contribution is 6.31. The third-order valence-electron chi connectivity index (χ3n) is 4.49. The Kier molecular flexibility index (Phi) is 4.87. The van der Waals surface area contributed by atoms with Crippen LogP contribution in [0.25, 0.3) is 11.0 Å². The van der Waals surface area contributed by atoms with Crippen molar-refractivity contribution < 1.29 is 4.79 Å². The number of amides is 1. The summed E-state index contributed by atoms with van der Waals surface area (Å²) in [5.74, 6) is 1.17. The van der Waals surface area contributed by atoms with Gasteiger partial charge in [-0.05, 0) is 37.6 Å². The van der Waals surface area contributed by atoms with Gasteiger partial charge >= 0.3 is 0 Å². The maximum Gasteiger partial charge on any atom is 0.219 e. The van der Waals surface area contributed by atoms with E-state index in [-0.39, 0.29) is 11.9 Å². The van der Waals surface area contributed by atoms with E-state index in [1.54, 1.807) is 0 Å². The Hall–Kier alpha value is -1.59. The highest BCUT2D eigenvalue weighted by Gasteiger charge is 2.22. The number of carbonyl (C=O) groups excluding carboxylic acids is 1. The quantitative estimate of drug-likeness (QED) is 0.935. The number of rotatable bonds is 4. The molecular formula is C17H23ClN4O. The van der Waals surface area contributed by atoms with Gasteiger partial charge in [0.05, 0.1) is 17.6 Å². The number of imidazole rings is 1. The van der Waals surface area contributed by atoms with Crippen molar-refractivity contribution in [1.29, 1.82) is 0 Å². The van der Waals surface area contributed by atoms with Crippen molar-refractivity contribution in [2.75, 3.05) is 13.1 Å². The second kappa shape index (κ2) is 6.89. The molecule has 6 heteroatoms. The van der Waals surface area contributed by atoms with Crippen molar-refractivity contribution >= 4 is 28.5 Å². The summed E-state index contributed by atoms with van der Waals surface area (Å²) < 4.78 is 2.12. The fraction of sp³-hybridized carbons (Fsp3) is 0.529. The highest BCUT2D eigenvalue weighted by Crippen LogP contribution is 2.21. The molecule has 5 nitrogen and oxygen atoms in total. The van der Waals surface area contributed by atoms with Gasteiger partial charge in [0.25, 0.3) is 0 Å². The van der Waals surface area contributed by atoms with Crippen molar-refractivity contribution in [1.82, 2.24) is 19.8 Å². The van der Waals surface area contributed by atoms with E-state index in [4.69, 9.17) is 16.6 Å². The van der Waals surface area contributed by atoms with E-state index in [0.29, 0.717) is 11.4 Å². The molecule has 3 rings (SSSR count). The summed E-state index contributed by atoms with van der Waals surface area (Å²) in [6.07, 6.45) is 2.70. The minimum Gasteiger partial charge on any atom is -0.352 e. The zero-order chi connectivity index (χ0) is 16.4. The Morgan fingerprint density at radius 1 is 1.48 bits per heavy atom. The van der Waals surface area contributed by atoms with Crippen LogP contribution in [0, 0.1) is 0 Å². The van der Waals surface area contributed by atoms with Crippen molar-refractivity contribution in [3.05, 3.63) is 29.0 Å². The topological polar surface area (TPSA) is 50.2 Å². The molecule has 1 amide bonds. The van der Waals surface area contributed by atoms with E-state index in [1.165, 1.54) is 0 Å². The number of fused-ring (bicyclic) bond motifs is 1. The molecule has 0 bridgehead atoms. The molecule has 2 aromatic rings. The second-order valence-corrected chi connectivity index (χ2v) is 6.65. The first-order valence-corrected chi connectivity index (χ1v) is 8.57. The zero-order valence-electron chi connectivity index (χ0n) is 13.7. The molecule has 1 aromatic heterocycles. The van der Waals surface area contributed by atoms with Crippen LogP contribution in [-0.4, -0.2) is 39.5 Å². The molecule has 0 spiro atoms. The van der Waals surface area contributed by atoms with Crippen LogP contribution in [0.1, 0.15) is 32.0 Å². The lowest BCUT2D eigenvalue weighted by Gasteiger charge is -2.32. The molecule has 1 aromatic carbocycles. The first-order chi connectivity index (χ1) is 11.1. The van der Waals surface area contributed by atoms with Gasteiger partial charge in [-0.2, -0.15) is 0 Å². The molecule has 23 heavy (non-hydrogen) atoms. The SMILES string of the molecule is CCC(=O)N[C@H]1CCCN(Cc2nc3cc(Cl)ccc3n2C)C1. The Morgan fingerprint density at radius 2 is 2.30 bits per heavy atom. The molecule has 1 N–H and O–H groups in total. The smallest absolute Gasteiger partial charge is 0.219 e. The summed E-state index contributed by atoms with van der Waals surface area (Å²) in [5, 5.41) is 3.82. The molecule has 0 saturated carbocycles. The monoisotopic (exact) mass is 334 g/mol. The van der Waals surface area contributed by atoms with E-state index >= 15 is 0 Å². The number of nitrogens with one attached hydrogen (secondary N) is 1. The molecule has 2 heterocycles. The standard InChI is InChI=1S/C17H23ClN4O/c1-3-17(23)19-13-5-4-8-22(10-13)11-16-20-14-9-12(18)6-7-15(14)21(16)2/h6-7,9,13H,3-5,8,10-11H2,1-2H3,(H,19,23)/t13-/m0/s1. The Morgan fingerprint density at radius 3 is 3.09 bits per heavy atom. The first-order valence-electron chi connectivity index (χ1n) is 8.19. The molecule has 0 aliphatic carbocycles. The van der Waals surface area contributed by atoms with Crippen LogP contribution in [-0.2, 0) is 18.4 Å². The number of hydrogen-bond acceptors (Lipinski definition) is 3. The molecule has 1 fully saturated rings. The number of nitrogens with zero attached hydrogens (tertiary/aromatic N) is 3. The number of hydrogen-bond donors (Lipinski definition) is 1. The molecular weight excluding hydrogens is 312 g/mol. The maximum atomic E-state index is 11.6. The second-order valence-electron chi connectivity index (χ2n) is 6.22. The van der Waals surface area contributed by atoms with Crippen molar-refractivity contribution in [2.24, 2.45) is 7.05 Å². The summed E-state index contributed by atoms with van der Waals surface area (Å²) in [7, 11) is 2.04. The number of halogens is 1. The van der Waals surface area contributed by atoms with E-state index in [9.17, 15) is 4.79 Å². The summed E-state index contributed by atoms with van der Waals surface area (Å²) in [6, 6.07) is 6.06. The maximum absolute atomic E-state index is 11.6. The van der Waals surface area contributed by atoms with Gasteiger partial charge < -0.3 is 9.88 Å². The van der Waals surface area contributed by atoms with Gasteiger partial charge in [-0.1, -0.05) is 18.5 Å². The van der Waals surface area contributed by atoms with E-state index in [0.717, 1.165) is 49.3 Å². The third kappa shape index (κ3) is 3.67. The fourth-order valence-corrected chi connectivity index (χ4v) is 3.38. The third-order valence-corrected chi connectivity index (χ3v) is 4.73. The fourth-order valence-electron chi connectivity index (χ4n) is 3.21. The van der Waals surface area contributed by atoms with Crippen LogP contribution in [0.4, 0.5) is 0 Å². The Balaban J connectivity index is 1.71. The average molecular weight is 335 g/mol. The number of piperidine rings is 1. The molecule has 0 unspecified atom stereocenters. The van der Waals surface area contributed by atoms with Crippen LogP contribution in [0.3, 0.4) is 0 Å². The normalized spacial score (nSPS) is 19.2. The van der Waals surface area contributed by atoms with Crippen molar-refractivity contribution in [2.45, 2.75) is 38.8 Å². The van der Waals surface area contributed by atoms with Crippen LogP contribution in [0.2, 0.25) is 5.02 Å². The molecule has 1 atom stereocenters. The van der Waals surface area contributed by atoms with Gasteiger partial charge in [0.1, 0.15) is 5.82 Å². The number of benzene rings is 1. The number of aryl methyl sites for hydroxylation is 1. The van der Waals surface area contributed by atoms with E-state index in [1.807, 2.05) is 32.2 Å². The van der Waals surface area contributed by atoms with Crippen LogP contribution in [0.5, 0.6) is 0 Å². The molecule has 0 radical (unpaired) electrons.